The second kappa shape index (κ2) is 7.56. The summed E-state index contributed by atoms with van der Waals surface area (Å²) in [4.78, 5) is 31.5. The summed E-state index contributed by atoms with van der Waals surface area (Å²) in [6.07, 6.45) is 3.29. The number of benzene rings is 2. The number of carbonyl (C=O) groups is 1. The van der Waals surface area contributed by atoms with Crippen LogP contribution in [-0.4, -0.2) is 26.8 Å². The molecule has 0 atom stereocenters. The standard InChI is InChI=1S/C21H17BrN4O3/c1-12-2-5-15(6-3-12)24-19(27)11-26-20(28)18(25-21(26)29)8-13-10-23-17-7-4-14(22)9-16(13)17/h2-10,28H,11H2,1H3,(H,24,27)(H,25,29). The van der Waals surface area contributed by atoms with Gasteiger partial charge in [-0.15, -0.1) is 0 Å². The van der Waals surface area contributed by atoms with Crippen molar-refractivity contribution in [2.24, 2.45) is 4.99 Å². The fourth-order valence-electron chi connectivity index (χ4n) is 3.04. The van der Waals surface area contributed by atoms with E-state index in [9.17, 15) is 14.7 Å². The first-order chi connectivity index (χ1) is 13.9. The maximum atomic E-state index is 12.3. The Morgan fingerprint density at radius 1 is 1.28 bits per heavy atom. The quantitative estimate of drug-likeness (QED) is 0.560. The van der Waals surface area contributed by atoms with Crippen LogP contribution in [0.5, 0.6) is 5.88 Å². The number of anilines is 1. The summed E-state index contributed by atoms with van der Waals surface area (Å²) in [5, 5.41) is 13.2. The molecule has 0 bridgehead atoms. The molecule has 1 amide bonds. The number of rotatable bonds is 4. The molecule has 1 aromatic heterocycles. The molecule has 0 fully saturated rings. The predicted molar refractivity (Wildman–Crippen MR) is 117 cm³/mol. The molecule has 0 unspecified atom stereocenters. The summed E-state index contributed by atoms with van der Waals surface area (Å²) in [6.45, 7) is 1.64. The first-order valence-corrected chi connectivity index (χ1v) is 9.64. The normalized spacial score (nSPS) is 13.7. The molecule has 0 spiro atoms. The molecule has 2 heterocycles. The van der Waals surface area contributed by atoms with E-state index in [4.69, 9.17) is 0 Å². The number of halogens is 1. The average Bonchev–Trinajstić information content (AvgIpc) is 3.19. The van der Waals surface area contributed by atoms with Crippen molar-refractivity contribution in [3.63, 3.8) is 0 Å². The summed E-state index contributed by atoms with van der Waals surface area (Å²) >= 11 is 3.43. The van der Waals surface area contributed by atoms with Crippen molar-refractivity contribution in [3.8, 4) is 5.88 Å². The molecule has 0 radical (unpaired) electrons. The predicted octanol–water partition coefficient (Wildman–Crippen LogP) is 3.85. The molecule has 7 nitrogen and oxygen atoms in total. The zero-order chi connectivity index (χ0) is 20.5. The third-order valence-corrected chi connectivity index (χ3v) is 5.03. The number of amides is 1. The SMILES string of the molecule is Cc1ccc(NC(=O)Cn2c(O)c(C=C3C=Nc4ccc(Br)cc43)[nH]c2=O)cc1. The highest BCUT2D eigenvalue weighted by molar-refractivity contribution is 9.10. The number of aliphatic imine (C=N–C) groups is 1. The number of nitrogens with one attached hydrogen (secondary N) is 2. The van der Waals surface area contributed by atoms with Crippen LogP contribution in [0.25, 0.3) is 11.6 Å². The van der Waals surface area contributed by atoms with Gasteiger partial charge >= 0.3 is 5.69 Å². The Morgan fingerprint density at radius 3 is 2.79 bits per heavy atom. The molecule has 8 heteroatoms. The minimum Gasteiger partial charge on any atom is -0.493 e. The number of aryl methyl sites for hydroxylation is 1. The van der Waals surface area contributed by atoms with E-state index in [1.165, 1.54) is 0 Å². The van der Waals surface area contributed by atoms with Crippen molar-refractivity contribution in [1.82, 2.24) is 9.55 Å². The third kappa shape index (κ3) is 3.93. The molecule has 0 saturated heterocycles. The number of hydrogen-bond donors (Lipinski definition) is 3. The van der Waals surface area contributed by atoms with Crippen molar-refractivity contribution in [1.29, 1.82) is 0 Å². The fourth-order valence-corrected chi connectivity index (χ4v) is 3.40. The zero-order valence-electron chi connectivity index (χ0n) is 15.4. The van der Waals surface area contributed by atoms with E-state index in [1.807, 2.05) is 37.3 Å². The second-order valence-corrected chi connectivity index (χ2v) is 7.60. The number of carbonyl (C=O) groups excluding carboxylic acids is 1. The minimum absolute atomic E-state index is 0.215. The Balaban J connectivity index is 1.57. The van der Waals surface area contributed by atoms with Crippen LogP contribution in [0, 0.1) is 6.92 Å². The molecule has 3 aromatic rings. The van der Waals surface area contributed by atoms with Crippen LogP contribution in [-0.2, 0) is 11.3 Å². The smallest absolute Gasteiger partial charge is 0.329 e. The maximum Gasteiger partial charge on any atom is 0.329 e. The maximum absolute atomic E-state index is 12.3. The average molecular weight is 453 g/mol. The van der Waals surface area contributed by atoms with Gasteiger partial charge in [-0.1, -0.05) is 33.6 Å². The summed E-state index contributed by atoms with van der Waals surface area (Å²) in [7, 11) is 0. The van der Waals surface area contributed by atoms with Crippen molar-refractivity contribution >= 4 is 51.1 Å². The number of nitrogens with zero attached hydrogens (tertiary/aromatic N) is 2. The van der Waals surface area contributed by atoms with Gasteiger partial charge < -0.3 is 15.4 Å². The van der Waals surface area contributed by atoms with E-state index in [0.717, 1.165) is 31.4 Å². The van der Waals surface area contributed by atoms with Crippen molar-refractivity contribution < 1.29 is 9.90 Å². The van der Waals surface area contributed by atoms with Crippen LogP contribution < -0.4 is 11.0 Å². The highest BCUT2D eigenvalue weighted by Crippen LogP contribution is 2.35. The van der Waals surface area contributed by atoms with Gasteiger partial charge in [0.05, 0.1) is 5.69 Å². The molecule has 146 valence electrons. The Bertz CT molecular complexity index is 1220. The molecule has 29 heavy (non-hydrogen) atoms. The molecular weight excluding hydrogens is 436 g/mol. The Morgan fingerprint density at radius 2 is 2.03 bits per heavy atom. The van der Waals surface area contributed by atoms with Crippen LogP contribution in [0.15, 0.2) is 56.7 Å². The van der Waals surface area contributed by atoms with Gasteiger partial charge in [0.15, 0.2) is 0 Å². The lowest BCUT2D eigenvalue weighted by atomic mass is 10.1. The number of aromatic hydroxyl groups is 1. The number of imidazole rings is 1. The van der Waals surface area contributed by atoms with E-state index < -0.39 is 11.6 Å². The van der Waals surface area contributed by atoms with Gasteiger partial charge in [0, 0.05) is 27.5 Å². The molecule has 4 rings (SSSR count). The second-order valence-electron chi connectivity index (χ2n) is 6.69. The van der Waals surface area contributed by atoms with Gasteiger partial charge in [-0.2, -0.15) is 0 Å². The Kier molecular flexibility index (Phi) is 4.94. The monoisotopic (exact) mass is 452 g/mol. The van der Waals surface area contributed by atoms with Gasteiger partial charge in [0.1, 0.15) is 12.2 Å². The first kappa shape index (κ1) is 18.9. The highest BCUT2D eigenvalue weighted by atomic mass is 79.9. The number of H-pyrrole nitrogens is 1. The molecule has 2 aromatic carbocycles. The van der Waals surface area contributed by atoms with Crippen molar-refractivity contribution in [2.45, 2.75) is 13.5 Å². The van der Waals surface area contributed by atoms with Gasteiger partial charge in [-0.05, 0) is 43.3 Å². The molecule has 1 aliphatic rings. The van der Waals surface area contributed by atoms with Crippen molar-refractivity contribution in [3.05, 3.63) is 74.2 Å². The lowest BCUT2D eigenvalue weighted by molar-refractivity contribution is -0.116. The Hall–Kier alpha value is -3.39. The van der Waals surface area contributed by atoms with E-state index in [-0.39, 0.29) is 18.1 Å². The van der Waals surface area contributed by atoms with E-state index >= 15 is 0 Å². The van der Waals surface area contributed by atoms with Crippen LogP contribution in [0.2, 0.25) is 0 Å². The topological polar surface area (TPSA) is 99.5 Å². The molecule has 0 aliphatic carbocycles. The van der Waals surface area contributed by atoms with Gasteiger partial charge in [0.2, 0.25) is 11.8 Å². The number of allylic oxidation sites excluding steroid dienone is 1. The number of fused-ring (bicyclic) bond motifs is 1. The molecule has 1 aliphatic heterocycles. The first-order valence-electron chi connectivity index (χ1n) is 8.85. The van der Waals surface area contributed by atoms with Crippen LogP contribution in [0.1, 0.15) is 16.8 Å². The van der Waals surface area contributed by atoms with Gasteiger partial charge in [0.25, 0.3) is 0 Å². The van der Waals surface area contributed by atoms with Crippen LogP contribution >= 0.6 is 15.9 Å². The van der Waals surface area contributed by atoms with E-state index in [1.54, 1.807) is 24.4 Å². The lowest BCUT2D eigenvalue weighted by Gasteiger charge is -2.06. The van der Waals surface area contributed by atoms with Gasteiger partial charge in [-0.3, -0.25) is 14.4 Å². The summed E-state index contributed by atoms with van der Waals surface area (Å²) in [6, 6.07) is 13.0. The van der Waals surface area contributed by atoms with Crippen LogP contribution in [0.4, 0.5) is 11.4 Å². The Labute approximate surface area is 174 Å². The van der Waals surface area contributed by atoms with E-state index in [0.29, 0.717) is 5.69 Å². The number of aromatic nitrogens is 2. The van der Waals surface area contributed by atoms with Crippen molar-refractivity contribution in [2.75, 3.05) is 5.32 Å². The highest BCUT2D eigenvalue weighted by Gasteiger charge is 2.18. The minimum atomic E-state index is -0.571. The zero-order valence-corrected chi connectivity index (χ0v) is 17.0. The summed E-state index contributed by atoms with van der Waals surface area (Å²) in [5.41, 5.74) is 3.77. The number of aromatic amines is 1. The summed E-state index contributed by atoms with van der Waals surface area (Å²) < 4.78 is 1.89. The largest absolute Gasteiger partial charge is 0.493 e. The van der Waals surface area contributed by atoms with E-state index in [2.05, 4.69) is 31.2 Å². The molecule has 0 saturated carbocycles. The van der Waals surface area contributed by atoms with Crippen LogP contribution in [0.3, 0.4) is 0 Å². The fraction of sp³-hybridized carbons (Fsp3) is 0.0952. The number of hydrogen-bond acceptors (Lipinski definition) is 4. The third-order valence-electron chi connectivity index (χ3n) is 4.53. The lowest BCUT2D eigenvalue weighted by Crippen LogP contribution is -2.25. The summed E-state index contributed by atoms with van der Waals surface area (Å²) in [5.74, 6) is -0.723. The van der Waals surface area contributed by atoms with Gasteiger partial charge in [-0.25, -0.2) is 4.79 Å². The molecule has 3 N–H and O–H groups in total. The molecular formula is C21H17BrN4O3.